The number of aromatic nitrogens is 4. The van der Waals surface area contributed by atoms with E-state index in [1.807, 2.05) is 18.4 Å². The molecule has 2 aromatic carbocycles. The van der Waals surface area contributed by atoms with Crippen LogP contribution in [0.1, 0.15) is 21.7 Å². The lowest BCUT2D eigenvalue weighted by molar-refractivity contribution is 0.102. The summed E-state index contributed by atoms with van der Waals surface area (Å²) >= 11 is 0. The van der Waals surface area contributed by atoms with Crippen LogP contribution in [-0.2, 0) is 0 Å². The van der Waals surface area contributed by atoms with Crippen LogP contribution in [0.15, 0.2) is 61.2 Å². The topological polar surface area (TPSA) is 81.9 Å². The standard InChI is InChI=1S/C22H17F2N5O2/c1-13-14(2)29(12-27-13)20-10-21(26-11-25-20)31-17-6-4-16(5-7-17)28-22(30)18-8-3-15(23)9-19(18)24/h3-12H,1-2H3,(H,28,30). The number of imidazole rings is 1. The minimum absolute atomic E-state index is 0.250. The van der Waals surface area contributed by atoms with E-state index >= 15 is 0 Å². The van der Waals surface area contributed by atoms with Crippen LogP contribution in [0.2, 0.25) is 0 Å². The third kappa shape index (κ3) is 4.40. The molecule has 2 heterocycles. The van der Waals surface area contributed by atoms with Crippen molar-refractivity contribution in [2.45, 2.75) is 13.8 Å². The fourth-order valence-electron chi connectivity index (χ4n) is 2.85. The summed E-state index contributed by atoms with van der Waals surface area (Å²) in [5.41, 5.74) is 2.04. The molecule has 0 saturated heterocycles. The molecule has 0 bridgehead atoms. The van der Waals surface area contributed by atoms with Crippen molar-refractivity contribution in [3.05, 3.63) is 89.8 Å². The zero-order chi connectivity index (χ0) is 22.0. The normalized spacial score (nSPS) is 10.7. The van der Waals surface area contributed by atoms with Crippen LogP contribution in [0.3, 0.4) is 0 Å². The maximum atomic E-state index is 13.8. The molecule has 4 aromatic rings. The molecule has 1 amide bonds. The van der Waals surface area contributed by atoms with Crippen molar-refractivity contribution in [3.63, 3.8) is 0 Å². The van der Waals surface area contributed by atoms with Crippen molar-refractivity contribution in [2.75, 3.05) is 5.32 Å². The number of amides is 1. The second-order valence-electron chi connectivity index (χ2n) is 6.70. The predicted octanol–water partition coefficient (Wildman–Crippen LogP) is 4.60. The van der Waals surface area contributed by atoms with Gasteiger partial charge in [0.1, 0.15) is 35.9 Å². The average molecular weight is 421 g/mol. The Morgan fingerprint density at radius 2 is 1.77 bits per heavy atom. The van der Waals surface area contributed by atoms with E-state index in [0.717, 1.165) is 23.5 Å². The van der Waals surface area contributed by atoms with Gasteiger partial charge in [0.25, 0.3) is 5.91 Å². The van der Waals surface area contributed by atoms with E-state index in [-0.39, 0.29) is 5.56 Å². The van der Waals surface area contributed by atoms with Gasteiger partial charge in [-0.1, -0.05) is 0 Å². The lowest BCUT2D eigenvalue weighted by Crippen LogP contribution is -2.13. The third-order valence-corrected chi connectivity index (χ3v) is 4.64. The molecule has 0 aliphatic carbocycles. The van der Waals surface area contributed by atoms with E-state index in [1.165, 1.54) is 6.33 Å². The summed E-state index contributed by atoms with van der Waals surface area (Å²) in [6, 6.07) is 10.9. The number of anilines is 1. The molecule has 7 nitrogen and oxygen atoms in total. The van der Waals surface area contributed by atoms with Crippen molar-refractivity contribution >= 4 is 11.6 Å². The van der Waals surface area contributed by atoms with Crippen LogP contribution in [0, 0.1) is 25.5 Å². The fourth-order valence-corrected chi connectivity index (χ4v) is 2.85. The van der Waals surface area contributed by atoms with E-state index in [4.69, 9.17) is 4.74 Å². The van der Waals surface area contributed by atoms with Crippen molar-refractivity contribution in [2.24, 2.45) is 0 Å². The summed E-state index contributed by atoms with van der Waals surface area (Å²) < 4.78 is 34.4. The lowest BCUT2D eigenvalue weighted by Gasteiger charge is -2.09. The first-order valence-electron chi connectivity index (χ1n) is 9.28. The number of nitrogens with zero attached hydrogens (tertiary/aromatic N) is 4. The molecular formula is C22H17F2N5O2. The van der Waals surface area contributed by atoms with Gasteiger partial charge in [0, 0.05) is 23.5 Å². The number of carbonyl (C=O) groups excluding carboxylic acids is 1. The smallest absolute Gasteiger partial charge is 0.258 e. The van der Waals surface area contributed by atoms with E-state index in [0.29, 0.717) is 29.2 Å². The van der Waals surface area contributed by atoms with E-state index in [9.17, 15) is 13.6 Å². The van der Waals surface area contributed by atoms with E-state index < -0.39 is 17.5 Å². The zero-order valence-electron chi connectivity index (χ0n) is 16.6. The Hall–Kier alpha value is -4.14. The van der Waals surface area contributed by atoms with Gasteiger partial charge in [-0.3, -0.25) is 9.36 Å². The van der Waals surface area contributed by atoms with Gasteiger partial charge in [-0.25, -0.2) is 23.7 Å². The summed E-state index contributed by atoms with van der Waals surface area (Å²) in [6.07, 6.45) is 3.07. The number of hydrogen-bond acceptors (Lipinski definition) is 5. The molecule has 0 spiro atoms. The predicted molar refractivity (Wildman–Crippen MR) is 109 cm³/mol. The second-order valence-corrected chi connectivity index (χ2v) is 6.70. The highest BCUT2D eigenvalue weighted by Gasteiger charge is 2.13. The molecule has 0 aliphatic rings. The Kier molecular flexibility index (Phi) is 5.40. The highest BCUT2D eigenvalue weighted by molar-refractivity contribution is 6.04. The maximum absolute atomic E-state index is 13.8. The second kappa shape index (κ2) is 8.31. The van der Waals surface area contributed by atoms with Gasteiger partial charge >= 0.3 is 0 Å². The first-order chi connectivity index (χ1) is 14.9. The summed E-state index contributed by atoms with van der Waals surface area (Å²) in [5, 5.41) is 2.56. The van der Waals surface area contributed by atoms with Crippen molar-refractivity contribution in [3.8, 4) is 17.4 Å². The van der Waals surface area contributed by atoms with E-state index in [1.54, 1.807) is 36.7 Å². The highest BCUT2D eigenvalue weighted by Crippen LogP contribution is 2.23. The van der Waals surface area contributed by atoms with Gasteiger partial charge in [0.2, 0.25) is 5.88 Å². The summed E-state index contributed by atoms with van der Waals surface area (Å²) in [7, 11) is 0. The quantitative estimate of drug-likeness (QED) is 0.509. The van der Waals surface area contributed by atoms with Gasteiger partial charge in [0.05, 0.1) is 11.3 Å². The number of hydrogen-bond donors (Lipinski definition) is 1. The van der Waals surface area contributed by atoms with Gasteiger partial charge in [-0.2, -0.15) is 0 Å². The Balaban J connectivity index is 1.46. The fraction of sp³-hybridized carbons (Fsp3) is 0.0909. The van der Waals surface area contributed by atoms with Crippen LogP contribution in [0.4, 0.5) is 14.5 Å². The molecular weight excluding hydrogens is 404 g/mol. The number of ether oxygens (including phenoxy) is 1. The maximum Gasteiger partial charge on any atom is 0.258 e. The van der Waals surface area contributed by atoms with Crippen LogP contribution >= 0.6 is 0 Å². The number of aryl methyl sites for hydroxylation is 1. The van der Waals surface area contributed by atoms with Gasteiger partial charge in [-0.15, -0.1) is 0 Å². The van der Waals surface area contributed by atoms with Gasteiger partial charge < -0.3 is 10.1 Å². The Bertz CT molecular complexity index is 1260. The lowest BCUT2D eigenvalue weighted by atomic mass is 10.2. The Morgan fingerprint density at radius 3 is 2.45 bits per heavy atom. The molecule has 9 heteroatoms. The number of rotatable bonds is 5. The summed E-state index contributed by atoms with van der Waals surface area (Å²) in [6.45, 7) is 3.85. The Morgan fingerprint density at radius 1 is 1.00 bits per heavy atom. The first kappa shape index (κ1) is 20.1. The molecule has 0 unspecified atom stereocenters. The SMILES string of the molecule is Cc1ncn(-c2cc(Oc3ccc(NC(=O)c4ccc(F)cc4F)cc3)ncn2)c1C. The molecule has 2 aromatic heterocycles. The number of benzene rings is 2. The third-order valence-electron chi connectivity index (χ3n) is 4.64. The van der Waals surface area contributed by atoms with Crippen molar-refractivity contribution in [1.29, 1.82) is 0 Å². The molecule has 0 atom stereocenters. The highest BCUT2D eigenvalue weighted by atomic mass is 19.1. The van der Waals surface area contributed by atoms with Gasteiger partial charge in [-0.05, 0) is 50.2 Å². The molecule has 31 heavy (non-hydrogen) atoms. The molecule has 156 valence electrons. The Labute approximate surface area is 176 Å². The van der Waals surface area contributed by atoms with Crippen LogP contribution < -0.4 is 10.1 Å². The minimum Gasteiger partial charge on any atom is -0.439 e. The first-order valence-corrected chi connectivity index (χ1v) is 9.28. The molecule has 0 aliphatic heterocycles. The molecule has 0 radical (unpaired) electrons. The molecule has 4 rings (SSSR count). The average Bonchev–Trinajstić information content (AvgIpc) is 3.08. The summed E-state index contributed by atoms with van der Waals surface area (Å²) in [4.78, 5) is 24.8. The zero-order valence-corrected chi connectivity index (χ0v) is 16.6. The van der Waals surface area contributed by atoms with Crippen LogP contribution in [0.25, 0.3) is 5.82 Å². The number of halogens is 2. The van der Waals surface area contributed by atoms with Crippen LogP contribution in [0.5, 0.6) is 11.6 Å². The summed E-state index contributed by atoms with van der Waals surface area (Å²) in [5.74, 6) is -0.928. The number of carbonyl (C=O) groups is 1. The van der Waals surface area contributed by atoms with Crippen molar-refractivity contribution < 1.29 is 18.3 Å². The van der Waals surface area contributed by atoms with Crippen molar-refractivity contribution in [1.82, 2.24) is 19.5 Å². The molecule has 0 saturated carbocycles. The monoisotopic (exact) mass is 421 g/mol. The molecule has 1 N–H and O–H groups in total. The van der Waals surface area contributed by atoms with Crippen LogP contribution in [-0.4, -0.2) is 25.4 Å². The van der Waals surface area contributed by atoms with Gasteiger partial charge in [0.15, 0.2) is 0 Å². The number of nitrogens with one attached hydrogen (secondary N) is 1. The molecule has 0 fully saturated rings. The largest absolute Gasteiger partial charge is 0.439 e. The minimum atomic E-state index is -0.930. The van der Waals surface area contributed by atoms with E-state index in [2.05, 4.69) is 20.3 Å².